The number of nitrogens with zero attached hydrogens (tertiary/aromatic N) is 1. The average Bonchev–Trinajstić information content (AvgIpc) is 2.71. The zero-order valence-corrected chi connectivity index (χ0v) is 18.2. The van der Waals surface area contributed by atoms with Crippen LogP contribution >= 0.6 is 0 Å². The number of benzene rings is 2. The molecule has 31 heavy (non-hydrogen) atoms. The first-order valence-corrected chi connectivity index (χ1v) is 10.9. The zero-order valence-electron chi connectivity index (χ0n) is 17.3. The molecule has 10 nitrogen and oxygen atoms in total. The summed E-state index contributed by atoms with van der Waals surface area (Å²) in [5.41, 5.74) is 0.953. The number of anilines is 1. The van der Waals surface area contributed by atoms with Crippen LogP contribution in [-0.2, 0) is 14.8 Å². The fraction of sp³-hybridized carbons (Fsp3) is 0.300. The molecular formula is C20H24N4O6S. The van der Waals surface area contributed by atoms with Crippen molar-refractivity contribution in [1.29, 1.82) is 0 Å². The van der Waals surface area contributed by atoms with Gasteiger partial charge in [-0.2, -0.15) is 0 Å². The van der Waals surface area contributed by atoms with E-state index in [0.717, 1.165) is 6.07 Å². The maximum atomic E-state index is 12.4. The number of non-ortho nitro benzene ring substituents is 1. The van der Waals surface area contributed by atoms with Gasteiger partial charge >= 0.3 is 0 Å². The molecule has 166 valence electrons. The Labute approximate surface area is 180 Å². The second kappa shape index (κ2) is 10.1. The number of nitro benzene ring substituents is 1. The molecule has 0 heterocycles. The number of hydrogen-bond donors (Lipinski definition) is 3. The van der Waals surface area contributed by atoms with Crippen molar-refractivity contribution >= 4 is 33.2 Å². The Kier molecular flexibility index (Phi) is 7.83. The minimum Gasteiger partial charge on any atom is -0.351 e. The molecule has 0 bridgehead atoms. The largest absolute Gasteiger partial charge is 0.351 e. The third kappa shape index (κ3) is 6.59. The Balaban J connectivity index is 1.91. The van der Waals surface area contributed by atoms with Gasteiger partial charge in [0.2, 0.25) is 15.9 Å². The summed E-state index contributed by atoms with van der Waals surface area (Å²) in [4.78, 5) is 33.9. The molecule has 0 aliphatic heterocycles. The molecule has 0 radical (unpaired) electrons. The van der Waals surface area contributed by atoms with Gasteiger partial charge in [0.15, 0.2) is 0 Å². The molecule has 2 aromatic rings. The van der Waals surface area contributed by atoms with E-state index in [0.29, 0.717) is 16.8 Å². The first-order chi connectivity index (χ1) is 14.5. The summed E-state index contributed by atoms with van der Waals surface area (Å²) < 4.78 is 27.2. The number of hydrogen-bond acceptors (Lipinski definition) is 6. The molecule has 2 aromatic carbocycles. The highest BCUT2D eigenvalue weighted by molar-refractivity contribution is 7.89. The SMILES string of the molecule is Cc1ccc([N+](=O)[O-])cc1S(=O)(=O)NCCNC(=O)c1ccc(NC(=O)C(C)C)cc1. The Hall–Kier alpha value is -3.31. The molecule has 0 atom stereocenters. The van der Waals surface area contributed by atoms with Gasteiger partial charge in [0.05, 0.1) is 9.82 Å². The highest BCUT2D eigenvalue weighted by Gasteiger charge is 2.20. The van der Waals surface area contributed by atoms with E-state index in [2.05, 4.69) is 15.4 Å². The molecule has 0 saturated carbocycles. The molecule has 0 aromatic heterocycles. The molecule has 0 aliphatic rings. The molecule has 0 saturated heterocycles. The molecule has 0 unspecified atom stereocenters. The molecule has 0 fully saturated rings. The van der Waals surface area contributed by atoms with Crippen molar-refractivity contribution in [2.24, 2.45) is 5.92 Å². The first-order valence-electron chi connectivity index (χ1n) is 9.45. The maximum absolute atomic E-state index is 12.4. The summed E-state index contributed by atoms with van der Waals surface area (Å²) in [5, 5.41) is 16.2. The number of amides is 2. The van der Waals surface area contributed by atoms with Crippen molar-refractivity contribution in [3.05, 3.63) is 63.7 Å². The van der Waals surface area contributed by atoms with Crippen LogP contribution in [0.5, 0.6) is 0 Å². The Bertz CT molecular complexity index is 1080. The summed E-state index contributed by atoms with van der Waals surface area (Å²) in [6.45, 7) is 4.99. The minimum atomic E-state index is -3.98. The average molecular weight is 449 g/mol. The quantitative estimate of drug-likeness (QED) is 0.304. The molecular weight excluding hydrogens is 424 g/mol. The fourth-order valence-electron chi connectivity index (χ4n) is 2.52. The number of aryl methyl sites for hydroxylation is 1. The van der Waals surface area contributed by atoms with Gasteiger partial charge in [-0.25, -0.2) is 13.1 Å². The van der Waals surface area contributed by atoms with E-state index in [4.69, 9.17) is 0 Å². The van der Waals surface area contributed by atoms with E-state index < -0.39 is 20.9 Å². The summed E-state index contributed by atoms with van der Waals surface area (Å²) >= 11 is 0. The van der Waals surface area contributed by atoms with Crippen molar-refractivity contribution in [2.75, 3.05) is 18.4 Å². The Morgan fingerprint density at radius 3 is 2.29 bits per heavy atom. The van der Waals surface area contributed by atoms with E-state index >= 15 is 0 Å². The van der Waals surface area contributed by atoms with Crippen LogP contribution in [0.2, 0.25) is 0 Å². The van der Waals surface area contributed by atoms with Crippen LogP contribution in [0, 0.1) is 23.0 Å². The van der Waals surface area contributed by atoms with Crippen molar-refractivity contribution in [1.82, 2.24) is 10.0 Å². The lowest BCUT2D eigenvalue weighted by Gasteiger charge is -2.11. The van der Waals surface area contributed by atoms with E-state index in [1.807, 2.05) is 0 Å². The third-order valence-electron chi connectivity index (χ3n) is 4.31. The second-order valence-electron chi connectivity index (χ2n) is 7.08. The van der Waals surface area contributed by atoms with Gasteiger partial charge in [0.1, 0.15) is 0 Å². The predicted molar refractivity (Wildman–Crippen MR) is 115 cm³/mol. The highest BCUT2D eigenvalue weighted by Crippen LogP contribution is 2.21. The summed E-state index contributed by atoms with van der Waals surface area (Å²) in [6.07, 6.45) is 0. The van der Waals surface area contributed by atoms with Gasteiger partial charge in [-0.3, -0.25) is 19.7 Å². The van der Waals surface area contributed by atoms with Crippen LogP contribution in [0.25, 0.3) is 0 Å². The van der Waals surface area contributed by atoms with Crippen molar-refractivity contribution in [3.63, 3.8) is 0 Å². The number of sulfonamides is 1. The standard InChI is InChI=1S/C20H24N4O6S/c1-13(2)19(25)23-16-7-5-15(6-8-16)20(26)21-10-11-22-31(29,30)18-12-17(24(27)28)9-4-14(18)3/h4-9,12-13,22H,10-11H2,1-3H3,(H,21,26)(H,23,25). The maximum Gasteiger partial charge on any atom is 0.270 e. The highest BCUT2D eigenvalue weighted by atomic mass is 32.2. The second-order valence-corrected chi connectivity index (χ2v) is 8.82. The van der Waals surface area contributed by atoms with Gasteiger partial charge < -0.3 is 10.6 Å². The number of nitrogens with one attached hydrogen (secondary N) is 3. The first kappa shape index (κ1) is 24.0. The number of nitro groups is 1. The number of carbonyl (C=O) groups is 2. The van der Waals surface area contributed by atoms with Crippen LogP contribution in [0.4, 0.5) is 11.4 Å². The van der Waals surface area contributed by atoms with Gasteiger partial charge in [0, 0.05) is 42.4 Å². The lowest BCUT2D eigenvalue weighted by Crippen LogP contribution is -2.35. The molecule has 11 heteroatoms. The van der Waals surface area contributed by atoms with Crippen molar-refractivity contribution < 1.29 is 22.9 Å². The molecule has 2 amide bonds. The lowest BCUT2D eigenvalue weighted by molar-refractivity contribution is -0.385. The lowest BCUT2D eigenvalue weighted by atomic mass is 10.1. The van der Waals surface area contributed by atoms with Gasteiger partial charge in [-0.15, -0.1) is 0 Å². The Morgan fingerprint density at radius 2 is 1.71 bits per heavy atom. The van der Waals surface area contributed by atoms with Gasteiger partial charge in [0.25, 0.3) is 11.6 Å². The number of rotatable bonds is 9. The van der Waals surface area contributed by atoms with Crippen LogP contribution < -0.4 is 15.4 Å². The predicted octanol–water partition coefficient (Wildman–Crippen LogP) is 2.21. The van der Waals surface area contributed by atoms with E-state index in [1.54, 1.807) is 38.1 Å². The van der Waals surface area contributed by atoms with Crippen LogP contribution in [0.3, 0.4) is 0 Å². The van der Waals surface area contributed by atoms with Crippen molar-refractivity contribution in [2.45, 2.75) is 25.7 Å². The summed E-state index contributed by atoms with van der Waals surface area (Å²) in [5.74, 6) is -0.714. The smallest absolute Gasteiger partial charge is 0.270 e. The van der Waals surface area contributed by atoms with Crippen LogP contribution in [-0.4, -0.2) is 38.2 Å². The van der Waals surface area contributed by atoms with Crippen LogP contribution in [0.1, 0.15) is 29.8 Å². The summed E-state index contributed by atoms with van der Waals surface area (Å²) in [6, 6.07) is 9.88. The van der Waals surface area contributed by atoms with Gasteiger partial charge in [-0.05, 0) is 36.8 Å². The van der Waals surface area contributed by atoms with Gasteiger partial charge in [-0.1, -0.05) is 19.9 Å². The van der Waals surface area contributed by atoms with Crippen LogP contribution in [0.15, 0.2) is 47.4 Å². The Morgan fingerprint density at radius 1 is 1.06 bits per heavy atom. The minimum absolute atomic E-state index is 0.0118. The van der Waals surface area contributed by atoms with E-state index in [9.17, 15) is 28.1 Å². The fourth-order valence-corrected chi connectivity index (χ4v) is 3.82. The molecule has 2 rings (SSSR count). The van der Waals surface area contributed by atoms with Crippen molar-refractivity contribution in [3.8, 4) is 0 Å². The molecule has 0 aliphatic carbocycles. The van der Waals surface area contributed by atoms with E-state index in [-0.39, 0.29) is 35.5 Å². The molecule has 0 spiro atoms. The zero-order chi connectivity index (χ0) is 23.2. The van der Waals surface area contributed by atoms with E-state index in [1.165, 1.54) is 19.1 Å². The normalized spacial score (nSPS) is 11.2. The monoisotopic (exact) mass is 448 g/mol. The molecule has 3 N–H and O–H groups in total. The summed E-state index contributed by atoms with van der Waals surface area (Å²) in [7, 11) is -3.98. The topological polar surface area (TPSA) is 148 Å². The number of carbonyl (C=O) groups excluding carboxylic acids is 2. The third-order valence-corrected chi connectivity index (χ3v) is 5.92.